The predicted octanol–water partition coefficient (Wildman–Crippen LogP) is 4.92. The van der Waals surface area contributed by atoms with E-state index in [9.17, 15) is 0 Å². The topological polar surface area (TPSA) is 29.6 Å². The molecule has 0 radical (unpaired) electrons. The molecule has 0 spiro atoms. The third-order valence-electron chi connectivity index (χ3n) is 4.45. The molecule has 23 heavy (non-hydrogen) atoms. The minimum Gasteiger partial charge on any atom is -0.258 e. The van der Waals surface area contributed by atoms with E-state index in [-0.39, 0.29) is 0 Å². The maximum atomic E-state index is 4.98. The van der Waals surface area contributed by atoms with E-state index in [1.54, 1.807) is 11.3 Å². The molecule has 1 aliphatic rings. The maximum Gasteiger partial charge on any atom is 0.206 e. The highest BCUT2D eigenvalue weighted by atomic mass is 32.1. The average Bonchev–Trinajstić information content (AvgIpc) is 2.94. The first kappa shape index (κ1) is 16.2. The first-order valence-electron chi connectivity index (χ1n) is 8.54. The van der Waals surface area contributed by atoms with Crippen molar-refractivity contribution in [1.82, 2.24) is 4.68 Å². The van der Waals surface area contributed by atoms with Gasteiger partial charge in [-0.3, -0.25) is 4.99 Å². The van der Waals surface area contributed by atoms with Gasteiger partial charge in [0.05, 0.1) is 5.69 Å². The van der Waals surface area contributed by atoms with Crippen LogP contribution in [0.15, 0.2) is 33.7 Å². The maximum absolute atomic E-state index is 4.98. The van der Waals surface area contributed by atoms with Crippen molar-refractivity contribution in [3.63, 3.8) is 0 Å². The van der Waals surface area contributed by atoms with Gasteiger partial charge in [-0.2, -0.15) is 5.10 Å². The normalized spacial score (nSPS) is 16.0. The Labute approximate surface area is 142 Å². The van der Waals surface area contributed by atoms with Gasteiger partial charge in [-0.05, 0) is 63.6 Å². The van der Waals surface area contributed by atoms with Crippen LogP contribution < -0.4 is 4.80 Å². The van der Waals surface area contributed by atoms with Crippen molar-refractivity contribution in [3.05, 3.63) is 39.5 Å². The standard InChI is InChI=1S/C19H25N3S/c1-4-20-19-22(21-17-8-6-5-7-9-17)18(13-23-19)16-11-10-14(2)15(3)12-16/h10-13H,4-9H2,1-3H3. The number of rotatable bonds is 3. The lowest BCUT2D eigenvalue weighted by atomic mass is 9.99. The van der Waals surface area contributed by atoms with Crippen molar-refractivity contribution < 1.29 is 0 Å². The molecule has 3 rings (SSSR count). The fraction of sp³-hybridized carbons (Fsp3) is 0.474. The van der Waals surface area contributed by atoms with E-state index in [2.05, 4.69) is 54.0 Å². The first-order chi connectivity index (χ1) is 11.2. The largest absolute Gasteiger partial charge is 0.258 e. The molecule has 0 N–H and O–H groups in total. The number of thiazole rings is 1. The van der Waals surface area contributed by atoms with Gasteiger partial charge in [-0.15, -0.1) is 11.3 Å². The van der Waals surface area contributed by atoms with Crippen LogP contribution in [0.2, 0.25) is 0 Å². The van der Waals surface area contributed by atoms with E-state index in [0.29, 0.717) is 0 Å². The van der Waals surface area contributed by atoms with E-state index in [4.69, 9.17) is 5.10 Å². The smallest absolute Gasteiger partial charge is 0.206 e. The summed E-state index contributed by atoms with van der Waals surface area (Å²) in [7, 11) is 0. The molecule has 0 amide bonds. The number of aryl methyl sites for hydroxylation is 2. The van der Waals surface area contributed by atoms with E-state index in [0.717, 1.165) is 29.9 Å². The van der Waals surface area contributed by atoms with Gasteiger partial charge in [-0.1, -0.05) is 18.6 Å². The monoisotopic (exact) mass is 327 g/mol. The van der Waals surface area contributed by atoms with Crippen molar-refractivity contribution in [3.8, 4) is 11.3 Å². The summed E-state index contributed by atoms with van der Waals surface area (Å²) in [6.45, 7) is 7.19. The zero-order valence-electron chi connectivity index (χ0n) is 14.3. The Morgan fingerprint density at radius 3 is 2.57 bits per heavy atom. The summed E-state index contributed by atoms with van der Waals surface area (Å²) in [5.41, 5.74) is 6.34. The van der Waals surface area contributed by atoms with Crippen molar-refractivity contribution in [2.45, 2.75) is 52.9 Å². The second-order valence-electron chi connectivity index (χ2n) is 6.22. The van der Waals surface area contributed by atoms with E-state index in [1.165, 1.54) is 41.7 Å². The van der Waals surface area contributed by atoms with Crippen LogP contribution in [0, 0.1) is 13.8 Å². The number of nitrogens with zero attached hydrogens (tertiary/aromatic N) is 3. The summed E-state index contributed by atoms with van der Waals surface area (Å²) >= 11 is 1.68. The Morgan fingerprint density at radius 1 is 1.09 bits per heavy atom. The molecule has 4 heteroatoms. The molecule has 122 valence electrons. The van der Waals surface area contributed by atoms with Gasteiger partial charge in [0.2, 0.25) is 4.80 Å². The van der Waals surface area contributed by atoms with Gasteiger partial charge in [0.25, 0.3) is 0 Å². The first-order valence-corrected chi connectivity index (χ1v) is 9.42. The molecule has 1 fully saturated rings. The highest BCUT2D eigenvalue weighted by Crippen LogP contribution is 2.24. The van der Waals surface area contributed by atoms with Crippen molar-refractivity contribution >= 4 is 17.0 Å². The molecule has 0 aliphatic heterocycles. The summed E-state index contributed by atoms with van der Waals surface area (Å²) in [6, 6.07) is 6.64. The molecule has 0 atom stereocenters. The Hall–Kier alpha value is -1.68. The minimum atomic E-state index is 0.789. The Balaban J connectivity index is 2.10. The van der Waals surface area contributed by atoms with Crippen molar-refractivity contribution in [1.29, 1.82) is 0 Å². The van der Waals surface area contributed by atoms with Crippen LogP contribution in [0.5, 0.6) is 0 Å². The molecule has 2 aromatic rings. The third-order valence-corrected chi connectivity index (χ3v) is 5.31. The lowest BCUT2D eigenvalue weighted by Crippen LogP contribution is -2.16. The quantitative estimate of drug-likeness (QED) is 0.766. The highest BCUT2D eigenvalue weighted by Gasteiger charge is 2.12. The van der Waals surface area contributed by atoms with Crippen LogP contribution in [0.4, 0.5) is 0 Å². The Bertz CT molecular complexity index is 772. The van der Waals surface area contributed by atoms with Crippen LogP contribution in [0.25, 0.3) is 11.3 Å². The number of benzene rings is 1. The molecule has 1 aromatic carbocycles. The summed E-state index contributed by atoms with van der Waals surface area (Å²) < 4.78 is 2.07. The Kier molecular flexibility index (Phi) is 5.11. The molecule has 0 unspecified atom stereocenters. The van der Waals surface area contributed by atoms with Crippen molar-refractivity contribution in [2.24, 2.45) is 10.1 Å². The van der Waals surface area contributed by atoms with Gasteiger partial charge in [-0.25, -0.2) is 4.68 Å². The number of hydrogen-bond donors (Lipinski definition) is 0. The third kappa shape index (κ3) is 3.63. The fourth-order valence-corrected chi connectivity index (χ4v) is 3.84. The van der Waals surface area contributed by atoms with Crippen LogP contribution >= 0.6 is 11.3 Å². The molecule has 0 bridgehead atoms. The van der Waals surface area contributed by atoms with Gasteiger partial charge in [0.15, 0.2) is 0 Å². The number of hydrogen-bond acceptors (Lipinski definition) is 3. The second-order valence-corrected chi connectivity index (χ2v) is 7.05. The zero-order valence-corrected chi connectivity index (χ0v) is 15.1. The average molecular weight is 327 g/mol. The van der Waals surface area contributed by atoms with Crippen LogP contribution in [-0.2, 0) is 0 Å². The van der Waals surface area contributed by atoms with Crippen molar-refractivity contribution in [2.75, 3.05) is 6.54 Å². The van der Waals surface area contributed by atoms with Gasteiger partial charge < -0.3 is 0 Å². The lowest BCUT2D eigenvalue weighted by molar-refractivity contribution is 0.655. The van der Waals surface area contributed by atoms with E-state index >= 15 is 0 Å². The molecule has 3 nitrogen and oxygen atoms in total. The predicted molar refractivity (Wildman–Crippen MR) is 99.2 cm³/mol. The summed E-state index contributed by atoms with van der Waals surface area (Å²) in [6.07, 6.45) is 6.12. The molecule has 1 aliphatic carbocycles. The minimum absolute atomic E-state index is 0.789. The molecule has 1 saturated carbocycles. The molecule has 1 aromatic heterocycles. The van der Waals surface area contributed by atoms with Gasteiger partial charge in [0.1, 0.15) is 0 Å². The van der Waals surface area contributed by atoms with Crippen LogP contribution in [-0.4, -0.2) is 16.9 Å². The second kappa shape index (κ2) is 7.26. The number of aromatic nitrogens is 1. The lowest BCUT2D eigenvalue weighted by Gasteiger charge is -2.13. The molecular formula is C19H25N3S. The molecular weight excluding hydrogens is 302 g/mol. The molecule has 0 saturated heterocycles. The fourth-order valence-electron chi connectivity index (χ4n) is 2.94. The summed E-state index contributed by atoms with van der Waals surface area (Å²) in [4.78, 5) is 5.63. The van der Waals surface area contributed by atoms with Gasteiger partial charge >= 0.3 is 0 Å². The Morgan fingerprint density at radius 2 is 1.87 bits per heavy atom. The summed E-state index contributed by atoms with van der Waals surface area (Å²) in [5.74, 6) is 0. The highest BCUT2D eigenvalue weighted by molar-refractivity contribution is 7.07. The van der Waals surface area contributed by atoms with Crippen LogP contribution in [0.3, 0.4) is 0 Å². The summed E-state index contributed by atoms with van der Waals surface area (Å²) in [5, 5.41) is 7.16. The molecule has 1 heterocycles. The van der Waals surface area contributed by atoms with Gasteiger partial charge in [0, 0.05) is 23.2 Å². The zero-order chi connectivity index (χ0) is 16.2. The SMILES string of the molecule is CCN=c1scc(-c2ccc(C)c(C)c2)n1N=C1CCCCC1. The van der Waals surface area contributed by atoms with Crippen LogP contribution in [0.1, 0.15) is 50.2 Å². The van der Waals surface area contributed by atoms with E-state index < -0.39 is 0 Å². The van der Waals surface area contributed by atoms with E-state index in [1.807, 2.05) is 0 Å².